The number of allylic oxidation sites excluding steroid dienone is 2. The topological polar surface area (TPSA) is 83.0 Å². The van der Waals surface area contributed by atoms with Gasteiger partial charge in [0.15, 0.2) is 0 Å². The van der Waals surface area contributed by atoms with Gasteiger partial charge in [-0.2, -0.15) is 4.98 Å². The monoisotopic (exact) mass is 435 g/mol. The van der Waals surface area contributed by atoms with Crippen molar-refractivity contribution in [2.24, 2.45) is 10.9 Å². The molecule has 0 aliphatic rings. The van der Waals surface area contributed by atoms with Crippen LogP contribution < -0.4 is 10.9 Å². The first kappa shape index (κ1) is 22.4. The van der Waals surface area contributed by atoms with E-state index in [-0.39, 0.29) is 5.56 Å². The summed E-state index contributed by atoms with van der Waals surface area (Å²) in [6, 6.07) is 7.30. The predicted molar refractivity (Wildman–Crippen MR) is 131 cm³/mol. The van der Waals surface area contributed by atoms with Crippen LogP contribution in [0.1, 0.15) is 33.3 Å². The molecule has 3 aromatic rings. The highest BCUT2D eigenvalue weighted by Crippen LogP contribution is 2.30. The zero-order chi connectivity index (χ0) is 22.5. The van der Waals surface area contributed by atoms with E-state index in [2.05, 4.69) is 45.7 Å². The minimum atomic E-state index is -0.262. The second-order valence-electron chi connectivity index (χ2n) is 7.61. The molecular formula is C24H26ClN5O. The Morgan fingerprint density at radius 1 is 1.32 bits per heavy atom. The minimum absolute atomic E-state index is 0.262. The lowest BCUT2D eigenvalue weighted by Gasteiger charge is -2.10. The van der Waals surface area contributed by atoms with Gasteiger partial charge >= 0.3 is 0 Å². The van der Waals surface area contributed by atoms with E-state index in [0.29, 0.717) is 33.7 Å². The molecule has 31 heavy (non-hydrogen) atoms. The van der Waals surface area contributed by atoms with Gasteiger partial charge in [0.2, 0.25) is 5.95 Å². The van der Waals surface area contributed by atoms with E-state index in [1.807, 2.05) is 38.1 Å². The molecule has 0 saturated heterocycles. The third-order valence-corrected chi connectivity index (χ3v) is 5.00. The maximum atomic E-state index is 12.8. The number of halogens is 1. The number of hydrogen-bond acceptors (Lipinski definition) is 5. The summed E-state index contributed by atoms with van der Waals surface area (Å²) in [4.78, 5) is 28.9. The SMILES string of the molecule is C=CC(C)=N/C(=C\C)c1ccc(-c2cc3cnc(NCC(C)C)nc3[nH]c2=O)c(Cl)c1. The molecule has 0 atom stereocenters. The number of pyridine rings is 1. The Kier molecular flexibility index (Phi) is 7.02. The summed E-state index contributed by atoms with van der Waals surface area (Å²) < 4.78 is 0. The molecule has 0 unspecified atom stereocenters. The minimum Gasteiger partial charge on any atom is -0.354 e. The summed E-state index contributed by atoms with van der Waals surface area (Å²) in [5.41, 5.74) is 3.77. The Morgan fingerprint density at radius 3 is 2.74 bits per heavy atom. The van der Waals surface area contributed by atoms with Crippen molar-refractivity contribution >= 4 is 40.0 Å². The Labute approximate surface area is 186 Å². The van der Waals surface area contributed by atoms with Crippen molar-refractivity contribution in [1.82, 2.24) is 15.0 Å². The zero-order valence-corrected chi connectivity index (χ0v) is 18.9. The molecule has 0 saturated carbocycles. The molecule has 6 nitrogen and oxygen atoms in total. The molecule has 2 aromatic heterocycles. The lowest BCUT2D eigenvalue weighted by Crippen LogP contribution is -2.13. The van der Waals surface area contributed by atoms with Crippen LogP contribution in [0.4, 0.5) is 5.95 Å². The first-order valence-corrected chi connectivity index (χ1v) is 10.5. The number of nitrogens with one attached hydrogen (secondary N) is 2. The molecule has 7 heteroatoms. The average Bonchev–Trinajstić information content (AvgIpc) is 2.75. The summed E-state index contributed by atoms with van der Waals surface area (Å²) in [5, 5.41) is 4.35. The van der Waals surface area contributed by atoms with E-state index in [1.165, 1.54) is 0 Å². The van der Waals surface area contributed by atoms with Crippen LogP contribution in [0, 0.1) is 5.92 Å². The third-order valence-electron chi connectivity index (χ3n) is 4.68. The number of benzene rings is 1. The standard InChI is InChI=1S/C24H26ClN5O/c1-6-15(5)28-21(7-2)16-8-9-18(20(25)11-16)19-10-17-13-27-24(26-12-14(3)4)30-22(17)29-23(19)31/h6-11,13-14H,1,12H2,2-5H3,(H2,26,27,29,30,31)/b21-7-,28-15?. The molecule has 1 aromatic carbocycles. The third kappa shape index (κ3) is 5.27. The number of H-pyrrole nitrogens is 1. The lowest BCUT2D eigenvalue weighted by atomic mass is 10.0. The molecule has 0 radical (unpaired) electrons. The smallest absolute Gasteiger partial charge is 0.257 e. The van der Waals surface area contributed by atoms with Gasteiger partial charge in [-0.25, -0.2) is 4.98 Å². The molecule has 2 N–H and O–H groups in total. The number of rotatable bonds is 7. The fourth-order valence-corrected chi connectivity index (χ4v) is 3.28. The van der Waals surface area contributed by atoms with Crippen molar-refractivity contribution < 1.29 is 0 Å². The predicted octanol–water partition coefficient (Wildman–Crippen LogP) is 5.71. The normalized spacial score (nSPS) is 12.5. The van der Waals surface area contributed by atoms with Gasteiger partial charge in [-0.3, -0.25) is 9.79 Å². The highest BCUT2D eigenvalue weighted by atomic mass is 35.5. The second kappa shape index (κ2) is 9.71. The summed E-state index contributed by atoms with van der Waals surface area (Å²) in [6.07, 6.45) is 5.29. The maximum Gasteiger partial charge on any atom is 0.257 e. The Balaban J connectivity index is 1.99. The molecule has 0 amide bonds. The molecule has 160 valence electrons. The zero-order valence-electron chi connectivity index (χ0n) is 18.2. The number of anilines is 1. The van der Waals surface area contributed by atoms with Crippen molar-refractivity contribution in [3.63, 3.8) is 0 Å². The highest BCUT2D eigenvalue weighted by molar-refractivity contribution is 6.33. The largest absolute Gasteiger partial charge is 0.354 e. The molecule has 0 aliphatic heterocycles. The second-order valence-corrected chi connectivity index (χ2v) is 8.02. The Hall–Kier alpha value is -3.25. The van der Waals surface area contributed by atoms with Crippen LogP contribution in [-0.4, -0.2) is 27.2 Å². The van der Waals surface area contributed by atoms with Gasteiger partial charge in [0.25, 0.3) is 5.56 Å². The fourth-order valence-electron chi connectivity index (χ4n) is 3.00. The van der Waals surface area contributed by atoms with Gasteiger partial charge in [0, 0.05) is 45.6 Å². The number of aromatic amines is 1. The van der Waals surface area contributed by atoms with E-state index >= 15 is 0 Å². The number of fused-ring (bicyclic) bond motifs is 1. The van der Waals surface area contributed by atoms with E-state index in [9.17, 15) is 4.79 Å². The van der Waals surface area contributed by atoms with Gasteiger partial charge in [0.05, 0.1) is 5.70 Å². The molecule has 0 spiro atoms. The molecular weight excluding hydrogens is 410 g/mol. The van der Waals surface area contributed by atoms with Crippen molar-refractivity contribution in [2.45, 2.75) is 27.7 Å². The number of nitrogens with zero attached hydrogens (tertiary/aromatic N) is 3. The van der Waals surface area contributed by atoms with E-state index in [1.54, 1.807) is 18.3 Å². The van der Waals surface area contributed by atoms with Crippen LogP contribution >= 0.6 is 11.6 Å². The molecule has 2 heterocycles. The summed E-state index contributed by atoms with van der Waals surface area (Å²) >= 11 is 6.56. The van der Waals surface area contributed by atoms with Crippen LogP contribution in [0.5, 0.6) is 0 Å². The highest BCUT2D eigenvalue weighted by Gasteiger charge is 2.13. The van der Waals surface area contributed by atoms with Crippen LogP contribution in [0.2, 0.25) is 5.02 Å². The first-order chi connectivity index (χ1) is 14.8. The molecule has 0 aliphatic carbocycles. The van der Waals surface area contributed by atoms with Crippen LogP contribution in [-0.2, 0) is 0 Å². The van der Waals surface area contributed by atoms with E-state index in [0.717, 1.165) is 28.9 Å². The van der Waals surface area contributed by atoms with Gasteiger partial charge in [-0.05, 0) is 38.0 Å². The fraction of sp³-hybridized carbons (Fsp3) is 0.250. The van der Waals surface area contributed by atoms with Crippen LogP contribution in [0.25, 0.3) is 27.9 Å². The molecule has 0 bridgehead atoms. The lowest BCUT2D eigenvalue weighted by molar-refractivity contribution is 0.685. The quantitative estimate of drug-likeness (QED) is 0.465. The van der Waals surface area contributed by atoms with Crippen molar-refractivity contribution in [3.8, 4) is 11.1 Å². The summed E-state index contributed by atoms with van der Waals surface area (Å²) in [7, 11) is 0. The molecule has 3 rings (SSSR count). The van der Waals surface area contributed by atoms with Crippen LogP contribution in [0.15, 0.2) is 59.0 Å². The van der Waals surface area contributed by atoms with Gasteiger partial charge < -0.3 is 10.3 Å². The summed E-state index contributed by atoms with van der Waals surface area (Å²) in [6.45, 7) is 12.5. The van der Waals surface area contributed by atoms with Crippen molar-refractivity contribution in [1.29, 1.82) is 0 Å². The van der Waals surface area contributed by atoms with Gasteiger partial charge in [-0.15, -0.1) is 0 Å². The van der Waals surface area contributed by atoms with Crippen molar-refractivity contribution in [3.05, 3.63) is 70.1 Å². The maximum absolute atomic E-state index is 12.8. The first-order valence-electron chi connectivity index (χ1n) is 10.1. The Bertz CT molecular complexity index is 1240. The van der Waals surface area contributed by atoms with Gasteiger partial charge in [-0.1, -0.05) is 50.2 Å². The number of aromatic nitrogens is 3. The van der Waals surface area contributed by atoms with Crippen molar-refractivity contribution in [2.75, 3.05) is 11.9 Å². The summed E-state index contributed by atoms with van der Waals surface area (Å²) in [5.74, 6) is 0.946. The number of aliphatic imine (C=N–C) groups is 1. The van der Waals surface area contributed by atoms with Crippen LogP contribution in [0.3, 0.4) is 0 Å². The average molecular weight is 436 g/mol. The Morgan fingerprint density at radius 2 is 2.10 bits per heavy atom. The van der Waals surface area contributed by atoms with E-state index < -0.39 is 0 Å². The number of hydrogen-bond donors (Lipinski definition) is 2. The molecule has 0 fully saturated rings. The van der Waals surface area contributed by atoms with Gasteiger partial charge in [0.1, 0.15) is 5.65 Å². The van der Waals surface area contributed by atoms with E-state index in [4.69, 9.17) is 11.6 Å².